The minimum atomic E-state index is 0.276. The van der Waals surface area contributed by atoms with Gasteiger partial charge in [0, 0.05) is 30.9 Å². The third kappa shape index (κ3) is 2.38. The Morgan fingerprint density at radius 3 is 2.59 bits per heavy atom. The fraction of sp³-hybridized carbons (Fsp3) is 0.769. The molecule has 4 heteroatoms. The normalized spacial score (nSPS) is 20.3. The Balaban J connectivity index is 2.04. The number of rotatable bonds is 3. The number of hydrogen-bond donors (Lipinski definition) is 1. The minimum absolute atomic E-state index is 0.276. The zero-order valence-electron chi connectivity index (χ0n) is 11.6. The molecule has 96 valence electrons. The first-order valence-electron chi connectivity index (χ1n) is 6.39. The predicted molar refractivity (Wildman–Crippen MR) is 70.1 cm³/mol. The summed E-state index contributed by atoms with van der Waals surface area (Å²) in [6.07, 6.45) is 1.91. The second kappa shape index (κ2) is 4.42. The molecule has 2 rings (SSSR count). The number of aromatic nitrogens is 2. The van der Waals surface area contributed by atoms with E-state index in [1.807, 2.05) is 13.2 Å². The topological polar surface area (TPSA) is 33.1 Å². The van der Waals surface area contributed by atoms with Gasteiger partial charge in [-0.3, -0.25) is 9.58 Å². The van der Waals surface area contributed by atoms with E-state index in [0.717, 1.165) is 13.1 Å². The molecule has 1 aromatic rings. The Morgan fingerprint density at radius 1 is 1.41 bits per heavy atom. The highest BCUT2D eigenvalue weighted by molar-refractivity contribution is 5.09. The van der Waals surface area contributed by atoms with Crippen LogP contribution in [0.25, 0.3) is 0 Å². The van der Waals surface area contributed by atoms with Crippen molar-refractivity contribution in [3.63, 3.8) is 0 Å². The van der Waals surface area contributed by atoms with Crippen molar-refractivity contribution in [3.8, 4) is 0 Å². The molecule has 1 saturated heterocycles. The molecule has 0 saturated carbocycles. The van der Waals surface area contributed by atoms with E-state index in [2.05, 4.69) is 53.8 Å². The van der Waals surface area contributed by atoms with Crippen LogP contribution in [-0.2, 0) is 0 Å². The molecule has 0 amide bonds. The second-order valence-corrected chi connectivity index (χ2v) is 5.94. The SMILES string of the molecule is CNC(C)c1ccnn1C1CN(C(C)(C)C)C1. The van der Waals surface area contributed by atoms with Crippen LogP contribution in [0.5, 0.6) is 0 Å². The van der Waals surface area contributed by atoms with Crippen LogP contribution in [0.4, 0.5) is 0 Å². The van der Waals surface area contributed by atoms with Crippen molar-refractivity contribution in [2.24, 2.45) is 0 Å². The summed E-state index contributed by atoms with van der Waals surface area (Å²) in [4.78, 5) is 2.49. The monoisotopic (exact) mass is 236 g/mol. The van der Waals surface area contributed by atoms with Crippen molar-refractivity contribution in [2.45, 2.75) is 45.3 Å². The lowest BCUT2D eigenvalue weighted by Crippen LogP contribution is -2.56. The molecule has 0 radical (unpaired) electrons. The van der Waals surface area contributed by atoms with Crippen LogP contribution in [0.3, 0.4) is 0 Å². The van der Waals surface area contributed by atoms with Crippen molar-refractivity contribution in [1.29, 1.82) is 0 Å². The summed E-state index contributed by atoms with van der Waals surface area (Å²) in [6.45, 7) is 11.2. The van der Waals surface area contributed by atoms with Crippen molar-refractivity contribution in [1.82, 2.24) is 20.0 Å². The summed E-state index contributed by atoms with van der Waals surface area (Å²) in [5.41, 5.74) is 1.56. The number of nitrogens with zero attached hydrogens (tertiary/aromatic N) is 3. The highest BCUT2D eigenvalue weighted by Crippen LogP contribution is 2.30. The van der Waals surface area contributed by atoms with Crippen molar-refractivity contribution < 1.29 is 0 Å². The van der Waals surface area contributed by atoms with Gasteiger partial charge in [0.05, 0.1) is 11.7 Å². The molecule has 1 aliphatic rings. The van der Waals surface area contributed by atoms with E-state index in [1.165, 1.54) is 5.69 Å². The summed E-state index contributed by atoms with van der Waals surface area (Å²) < 4.78 is 2.18. The van der Waals surface area contributed by atoms with Gasteiger partial charge >= 0.3 is 0 Å². The summed E-state index contributed by atoms with van der Waals surface area (Å²) in [5, 5.41) is 7.75. The molecular weight excluding hydrogens is 212 g/mol. The van der Waals surface area contributed by atoms with Crippen LogP contribution in [0.15, 0.2) is 12.3 Å². The second-order valence-electron chi connectivity index (χ2n) is 5.94. The number of likely N-dealkylation sites (tertiary alicyclic amines) is 1. The van der Waals surface area contributed by atoms with Crippen LogP contribution < -0.4 is 5.32 Å². The third-order valence-corrected chi connectivity index (χ3v) is 3.73. The van der Waals surface area contributed by atoms with E-state index in [9.17, 15) is 0 Å². The molecule has 1 unspecified atom stereocenters. The first-order chi connectivity index (χ1) is 7.93. The molecule has 4 nitrogen and oxygen atoms in total. The molecule has 0 spiro atoms. The maximum atomic E-state index is 4.47. The van der Waals surface area contributed by atoms with Gasteiger partial charge in [0.15, 0.2) is 0 Å². The maximum Gasteiger partial charge on any atom is 0.0777 e. The molecule has 17 heavy (non-hydrogen) atoms. The third-order valence-electron chi connectivity index (χ3n) is 3.73. The molecule has 0 aromatic carbocycles. The molecule has 1 fully saturated rings. The van der Waals surface area contributed by atoms with E-state index in [0.29, 0.717) is 12.1 Å². The van der Waals surface area contributed by atoms with Gasteiger partial charge in [0.2, 0.25) is 0 Å². The van der Waals surface area contributed by atoms with E-state index >= 15 is 0 Å². The lowest BCUT2D eigenvalue weighted by molar-refractivity contribution is 0.0138. The van der Waals surface area contributed by atoms with Gasteiger partial charge in [-0.25, -0.2) is 0 Å². The quantitative estimate of drug-likeness (QED) is 0.869. The molecule has 1 aliphatic heterocycles. The van der Waals surface area contributed by atoms with E-state index in [4.69, 9.17) is 0 Å². The average molecular weight is 236 g/mol. The highest BCUT2D eigenvalue weighted by atomic mass is 15.4. The molecule has 2 heterocycles. The molecule has 1 aromatic heterocycles. The first-order valence-corrected chi connectivity index (χ1v) is 6.39. The van der Waals surface area contributed by atoms with Crippen LogP contribution in [-0.4, -0.2) is 40.4 Å². The summed E-state index contributed by atoms with van der Waals surface area (Å²) in [7, 11) is 1.99. The lowest BCUT2D eigenvalue weighted by Gasteiger charge is -2.48. The van der Waals surface area contributed by atoms with Crippen LogP contribution in [0.1, 0.15) is 45.5 Å². The summed E-state index contributed by atoms with van der Waals surface area (Å²) in [5.74, 6) is 0. The minimum Gasteiger partial charge on any atom is -0.312 e. The van der Waals surface area contributed by atoms with Crippen LogP contribution in [0, 0.1) is 0 Å². The van der Waals surface area contributed by atoms with Crippen molar-refractivity contribution >= 4 is 0 Å². The maximum absolute atomic E-state index is 4.47. The average Bonchev–Trinajstić information content (AvgIpc) is 2.60. The van der Waals surface area contributed by atoms with Gasteiger partial charge < -0.3 is 5.32 Å². The van der Waals surface area contributed by atoms with Crippen LogP contribution in [0.2, 0.25) is 0 Å². The first kappa shape index (κ1) is 12.6. The summed E-state index contributed by atoms with van der Waals surface area (Å²) >= 11 is 0. The largest absolute Gasteiger partial charge is 0.312 e. The fourth-order valence-electron chi connectivity index (χ4n) is 2.28. The Morgan fingerprint density at radius 2 is 2.06 bits per heavy atom. The molecule has 0 aliphatic carbocycles. The molecule has 1 N–H and O–H groups in total. The molecule has 0 bridgehead atoms. The van der Waals surface area contributed by atoms with E-state index < -0.39 is 0 Å². The Labute approximate surface area is 104 Å². The van der Waals surface area contributed by atoms with Gasteiger partial charge in [-0.1, -0.05) is 0 Å². The Bertz CT molecular complexity index is 371. The molecular formula is C13H24N4. The predicted octanol–water partition coefficient (Wildman–Crippen LogP) is 1.82. The number of hydrogen-bond acceptors (Lipinski definition) is 3. The van der Waals surface area contributed by atoms with E-state index in [1.54, 1.807) is 0 Å². The van der Waals surface area contributed by atoms with Crippen molar-refractivity contribution in [3.05, 3.63) is 18.0 Å². The van der Waals surface area contributed by atoms with Gasteiger partial charge in [-0.05, 0) is 40.8 Å². The fourth-order valence-corrected chi connectivity index (χ4v) is 2.28. The smallest absolute Gasteiger partial charge is 0.0777 e. The Hall–Kier alpha value is -0.870. The standard InChI is InChI=1S/C13H24N4/c1-10(14-5)12-6-7-15-17(12)11-8-16(9-11)13(2,3)4/h6-7,10-11,14H,8-9H2,1-5H3. The Kier molecular flexibility index (Phi) is 3.27. The van der Waals surface area contributed by atoms with Gasteiger partial charge in [-0.15, -0.1) is 0 Å². The number of nitrogens with one attached hydrogen (secondary N) is 1. The van der Waals surface area contributed by atoms with E-state index in [-0.39, 0.29) is 5.54 Å². The van der Waals surface area contributed by atoms with Gasteiger partial charge in [0.25, 0.3) is 0 Å². The zero-order chi connectivity index (χ0) is 12.6. The molecule has 1 atom stereocenters. The summed E-state index contributed by atoms with van der Waals surface area (Å²) in [6, 6.07) is 3.01. The van der Waals surface area contributed by atoms with Crippen LogP contribution >= 0.6 is 0 Å². The van der Waals surface area contributed by atoms with Gasteiger partial charge in [0.1, 0.15) is 0 Å². The zero-order valence-corrected chi connectivity index (χ0v) is 11.6. The van der Waals surface area contributed by atoms with Gasteiger partial charge in [-0.2, -0.15) is 5.10 Å². The van der Waals surface area contributed by atoms with Crippen molar-refractivity contribution in [2.75, 3.05) is 20.1 Å². The lowest BCUT2D eigenvalue weighted by atomic mass is 9.97. The highest BCUT2D eigenvalue weighted by Gasteiger charge is 2.36.